The second kappa shape index (κ2) is 5.30. The summed E-state index contributed by atoms with van der Waals surface area (Å²) in [5.74, 6) is -0.160. The van der Waals surface area contributed by atoms with E-state index in [2.05, 4.69) is 5.32 Å². The van der Waals surface area contributed by atoms with Crippen LogP contribution in [0.2, 0.25) is 0 Å². The smallest absolute Gasteiger partial charge is 0.408 e. The molecule has 2 heterocycles. The van der Waals surface area contributed by atoms with Gasteiger partial charge in [0.2, 0.25) is 0 Å². The first kappa shape index (κ1) is 15.4. The van der Waals surface area contributed by atoms with Crippen LogP contribution < -0.4 is 10.2 Å². The van der Waals surface area contributed by atoms with Crippen molar-refractivity contribution in [3.05, 3.63) is 30.5 Å². The number of hydrogen-bond donors (Lipinski definition) is 1. The first-order valence-electron chi connectivity index (χ1n) is 7.61. The van der Waals surface area contributed by atoms with Crippen LogP contribution in [0.1, 0.15) is 20.8 Å². The van der Waals surface area contributed by atoms with Gasteiger partial charge in [-0.25, -0.2) is 4.79 Å². The summed E-state index contributed by atoms with van der Waals surface area (Å²) in [7, 11) is 1.73. The van der Waals surface area contributed by atoms with Gasteiger partial charge in [-0.3, -0.25) is 4.79 Å². The average molecular weight is 315 g/mol. The Bertz CT molecular complexity index is 773. The Hall–Kier alpha value is -2.50. The minimum Gasteiger partial charge on any atom is -0.444 e. The maximum atomic E-state index is 12.7. The molecule has 0 saturated heterocycles. The molecular formula is C17H21N3O3. The van der Waals surface area contributed by atoms with Gasteiger partial charge in [0.25, 0.3) is 5.91 Å². The summed E-state index contributed by atoms with van der Waals surface area (Å²) < 4.78 is 7.26. The van der Waals surface area contributed by atoms with E-state index >= 15 is 0 Å². The molecule has 122 valence electrons. The molecule has 3 rings (SSSR count). The van der Waals surface area contributed by atoms with Crippen molar-refractivity contribution in [2.45, 2.75) is 39.0 Å². The number of anilines is 1. The molecule has 0 unspecified atom stereocenters. The Labute approximate surface area is 135 Å². The number of carbonyl (C=O) groups is 2. The zero-order valence-corrected chi connectivity index (χ0v) is 13.8. The Morgan fingerprint density at radius 1 is 1.30 bits per heavy atom. The lowest BCUT2D eigenvalue weighted by Gasteiger charge is -2.24. The summed E-state index contributed by atoms with van der Waals surface area (Å²) in [6, 6.07) is 7.18. The third kappa shape index (κ3) is 2.88. The Morgan fingerprint density at radius 2 is 2.04 bits per heavy atom. The third-order valence-corrected chi connectivity index (χ3v) is 3.83. The molecule has 2 aromatic rings. The molecule has 1 aromatic carbocycles. The fourth-order valence-corrected chi connectivity index (χ4v) is 2.85. The Kier molecular flexibility index (Phi) is 3.55. The zero-order chi connectivity index (χ0) is 16.8. The molecule has 0 fully saturated rings. The molecule has 1 aliphatic rings. The van der Waals surface area contributed by atoms with Crippen LogP contribution in [0.4, 0.5) is 10.5 Å². The van der Waals surface area contributed by atoms with E-state index in [0.717, 1.165) is 16.6 Å². The fraction of sp³-hybridized carbons (Fsp3) is 0.412. The molecule has 23 heavy (non-hydrogen) atoms. The highest BCUT2D eigenvalue weighted by atomic mass is 16.6. The molecule has 6 nitrogen and oxygen atoms in total. The SMILES string of the molecule is CN1C(=O)[C@@H](NC(=O)OC(C)(C)C)Cn2ccc3cccc1c32. The van der Waals surface area contributed by atoms with Crippen LogP contribution in [0.15, 0.2) is 30.5 Å². The van der Waals surface area contributed by atoms with E-state index < -0.39 is 17.7 Å². The maximum absolute atomic E-state index is 12.7. The van der Waals surface area contributed by atoms with Crippen LogP contribution in [0, 0.1) is 0 Å². The summed E-state index contributed by atoms with van der Waals surface area (Å²) in [5, 5.41) is 3.76. The van der Waals surface area contributed by atoms with Gasteiger partial charge in [-0.15, -0.1) is 0 Å². The van der Waals surface area contributed by atoms with Gasteiger partial charge in [0, 0.05) is 18.6 Å². The van der Waals surface area contributed by atoms with Gasteiger partial charge in [-0.05, 0) is 32.9 Å². The quantitative estimate of drug-likeness (QED) is 0.879. The van der Waals surface area contributed by atoms with E-state index in [-0.39, 0.29) is 5.91 Å². The molecule has 0 radical (unpaired) electrons. The number of ether oxygens (including phenoxy) is 1. The molecule has 6 heteroatoms. The second-order valence-electron chi connectivity index (χ2n) is 6.78. The van der Waals surface area contributed by atoms with Gasteiger partial charge in [-0.1, -0.05) is 12.1 Å². The third-order valence-electron chi connectivity index (χ3n) is 3.83. The number of rotatable bonds is 1. The first-order chi connectivity index (χ1) is 10.8. The van der Waals surface area contributed by atoms with E-state index in [1.54, 1.807) is 32.7 Å². The standard InChI is InChI=1S/C17H21N3O3/c1-17(2,3)23-16(22)18-12-10-20-9-8-11-6-5-7-13(14(11)20)19(4)15(12)21/h5-9,12H,10H2,1-4H3,(H,18,22)/t12-/m0/s1. The van der Waals surface area contributed by atoms with Crippen molar-refractivity contribution < 1.29 is 14.3 Å². The van der Waals surface area contributed by atoms with E-state index in [0.29, 0.717) is 6.54 Å². The number of aromatic nitrogens is 1. The van der Waals surface area contributed by atoms with Gasteiger partial charge in [0.15, 0.2) is 0 Å². The summed E-state index contributed by atoms with van der Waals surface area (Å²) in [6.45, 7) is 5.75. The number of nitrogens with one attached hydrogen (secondary N) is 1. The van der Waals surface area contributed by atoms with Crippen molar-refractivity contribution >= 4 is 28.6 Å². The van der Waals surface area contributed by atoms with E-state index in [4.69, 9.17) is 4.74 Å². The zero-order valence-electron chi connectivity index (χ0n) is 13.8. The molecule has 0 aliphatic carbocycles. The van der Waals surface area contributed by atoms with Gasteiger partial charge in [0.1, 0.15) is 11.6 Å². The van der Waals surface area contributed by atoms with Crippen molar-refractivity contribution in [1.82, 2.24) is 9.88 Å². The number of nitrogens with zero attached hydrogens (tertiary/aromatic N) is 2. The van der Waals surface area contributed by atoms with Crippen LogP contribution in [-0.2, 0) is 16.1 Å². The summed E-state index contributed by atoms with van der Waals surface area (Å²) >= 11 is 0. The second-order valence-corrected chi connectivity index (χ2v) is 6.78. The molecule has 0 saturated carbocycles. The van der Waals surface area contributed by atoms with Crippen LogP contribution in [-0.4, -0.2) is 35.3 Å². The van der Waals surface area contributed by atoms with Crippen molar-refractivity contribution in [2.24, 2.45) is 0 Å². The molecule has 1 aliphatic heterocycles. The molecule has 1 atom stereocenters. The topological polar surface area (TPSA) is 63.6 Å². The lowest BCUT2D eigenvalue weighted by molar-refractivity contribution is -0.120. The van der Waals surface area contributed by atoms with E-state index in [1.807, 2.05) is 35.0 Å². The van der Waals surface area contributed by atoms with Crippen molar-refractivity contribution in [3.8, 4) is 0 Å². The van der Waals surface area contributed by atoms with Gasteiger partial charge < -0.3 is 19.5 Å². The Morgan fingerprint density at radius 3 is 2.74 bits per heavy atom. The predicted molar refractivity (Wildman–Crippen MR) is 88.5 cm³/mol. The molecule has 1 N–H and O–H groups in total. The number of carbonyl (C=O) groups excluding carboxylic acids is 2. The molecule has 0 spiro atoms. The highest BCUT2D eigenvalue weighted by Crippen LogP contribution is 2.30. The van der Waals surface area contributed by atoms with Crippen LogP contribution >= 0.6 is 0 Å². The molecule has 0 bridgehead atoms. The largest absolute Gasteiger partial charge is 0.444 e. The Balaban J connectivity index is 1.91. The average Bonchev–Trinajstić information content (AvgIpc) is 2.82. The number of benzene rings is 1. The summed E-state index contributed by atoms with van der Waals surface area (Å²) in [6.07, 6.45) is 1.35. The van der Waals surface area contributed by atoms with Gasteiger partial charge in [0.05, 0.1) is 17.7 Å². The van der Waals surface area contributed by atoms with E-state index in [9.17, 15) is 9.59 Å². The van der Waals surface area contributed by atoms with Crippen molar-refractivity contribution in [1.29, 1.82) is 0 Å². The maximum Gasteiger partial charge on any atom is 0.408 e. The minimum absolute atomic E-state index is 0.160. The normalized spacial score (nSPS) is 18.0. The van der Waals surface area contributed by atoms with Gasteiger partial charge >= 0.3 is 6.09 Å². The minimum atomic E-state index is -0.669. The van der Waals surface area contributed by atoms with Crippen molar-refractivity contribution in [2.75, 3.05) is 11.9 Å². The monoisotopic (exact) mass is 315 g/mol. The lowest BCUT2D eigenvalue weighted by atomic mass is 10.2. The molecule has 2 amide bonds. The number of amides is 2. The summed E-state index contributed by atoms with van der Waals surface area (Å²) in [5.41, 5.74) is 1.23. The number of likely N-dealkylation sites (N-methyl/N-ethyl adjacent to an activating group) is 1. The van der Waals surface area contributed by atoms with Crippen molar-refractivity contribution in [3.63, 3.8) is 0 Å². The predicted octanol–water partition coefficient (Wildman–Crippen LogP) is 2.51. The fourth-order valence-electron chi connectivity index (χ4n) is 2.85. The number of alkyl carbamates (subject to hydrolysis) is 1. The lowest BCUT2D eigenvalue weighted by Crippen LogP contribution is -2.49. The number of para-hydroxylation sites is 1. The van der Waals surface area contributed by atoms with E-state index in [1.165, 1.54) is 0 Å². The molecule has 1 aromatic heterocycles. The van der Waals surface area contributed by atoms with Crippen LogP contribution in [0.25, 0.3) is 10.9 Å². The molecular weight excluding hydrogens is 294 g/mol. The highest BCUT2D eigenvalue weighted by Gasteiger charge is 2.31. The highest BCUT2D eigenvalue weighted by molar-refractivity contribution is 6.06. The first-order valence-corrected chi connectivity index (χ1v) is 7.61. The number of hydrogen-bond acceptors (Lipinski definition) is 3. The summed E-state index contributed by atoms with van der Waals surface area (Å²) in [4.78, 5) is 26.3. The van der Waals surface area contributed by atoms with Crippen LogP contribution in [0.5, 0.6) is 0 Å². The van der Waals surface area contributed by atoms with Gasteiger partial charge in [-0.2, -0.15) is 0 Å². The van der Waals surface area contributed by atoms with Crippen LogP contribution in [0.3, 0.4) is 0 Å².